The van der Waals surface area contributed by atoms with E-state index in [0.29, 0.717) is 11.6 Å². The quantitative estimate of drug-likeness (QED) is 0.551. The molecule has 1 aliphatic heterocycles. The number of alkyl halides is 1. The molecule has 4 rings (SSSR count). The van der Waals surface area contributed by atoms with Gasteiger partial charge in [0.1, 0.15) is 11.6 Å². The van der Waals surface area contributed by atoms with Gasteiger partial charge in [0.25, 0.3) is 0 Å². The zero-order valence-corrected chi connectivity index (χ0v) is 17.9. The largest absolute Gasteiger partial charge is 0.384 e. The van der Waals surface area contributed by atoms with Gasteiger partial charge in [-0.3, -0.25) is 9.38 Å². The Bertz CT molecular complexity index is 901. The predicted molar refractivity (Wildman–Crippen MR) is 121 cm³/mol. The number of halogens is 2. The number of hydrogen-bond acceptors (Lipinski definition) is 6. The maximum Gasteiger partial charge on any atom is 0.123 e. The third-order valence-electron chi connectivity index (χ3n) is 3.34. The number of pyridine rings is 2. The van der Waals surface area contributed by atoms with E-state index < -0.39 is 7.15 Å². The average Bonchev–Trinajstić information content (AvgIpc) is 3.37. The van der Waals surface area contributed by atoms with Crippen LogP contribution in [0.1, 0.15) is 20.4 Å². The Morgan fingerprint density at radius 1 is 1.07 bits per heavy atom. The smallest absolute Gasteiger partial charge is 0.123 e. The molecule has 0 atom stereocenters. The van der Waals surface area contributed by atoms with Crippen molar-refractivity contribution in [2.24, 2.45) is 4.99 Å². The Morgan fingerprint density at radius 2 is 1.72 bits per heavy atom. The van der Waals surface area contributed by atoms with Gasteiger partial charge in [0.15, 0.2) is 0 Å². The zero-order chi connectivity index (χ0) is 22.4. The Morgan fingerprint density at radius 3 is 2.07 bits per heavy atom. The van der Waals surface area contributed by atoms with E-state index in [0.717, 1.165) is 28.0 Å². The first kappa shape index (κ1) is 22.2. The molecule has 0 spiro atoms. The molecular formula is C20H25BrFN7. The number of nitrogen functional groups attached to an aromatic ring is 2. The third-order valence-corrected chi connectivity index (χ3v) is 3.81. The molecule has 3 aromatic rings. The highest BCUT2D eigenvalue weighted by Crippen LogP contribution is 2.08. The summed E-state index contributed by atoms with van der Waals surface area (Å²) in [5, 5.41) is 0. The molecule has 0 unspecified atom stereocenters. The summed E-state index contributed by atoms with van der Waals surface area (Å²) in [4.78, 5) is 15.9. The van der Waals surface area contributed by atoms with Crippen molar-refractivity contribution in [2.45, 2.75) is 20.3 Å². The van der Waals surface area contributed by atoms with Gasteiger partial charge < -0.3 is 16.0 Å². The van der Waals surface area contributed by atoms with Crippen LogP contribution in [0.15, 0.2) is 70.4 Å². The lowest BCUT2D eigenvalue weighted by Gasteiger charge is -2.00. The molecule has 1 aliphatic rings. The number of aryl methyl sites for hydroxylation is 1. The van der Waals surface area contributed by atoms with E-state index in [1.165, 1.54) is 0 Å². The highest BCUT2D eigenvalue weighted by Gasteiger charge is 1.96. The molecule has 0 bridgehead atoms. The molecule has 0 aromatic carbocycles. The van der Waals surface area contributed by atoms with Crippen LogP contribution in [0.3, 0.4) is 0 Å². The minimum Gasteiger partial charge on any atom is -0.384 e. The van der Waals surface area contributed by atoms with Gasteiger partial charge in [-0.2, -0.15) is 0 Å². The average molecular weight is 463 g/mol. The second-order valence-corrected chi connectivity index (χ2v) is 6.57. The molecule has 154 valence electrons. The summed E-state index contributed by atoms with van der Waals surface area (Å²) >= 11 is 3.23. The summed E-state index contributed by atoms with van der Waals surface area (Å²) in [6.45, 7) is 3.95. The number of allylic oxidation sites excluding steroid dienone is 2. The fraction of sp³-hybridized carbons (Fsp3) is 0.200. The molecular weight excluding hydrogens is 437 g/mol. The number of rotatable bonds is 1. The Labute approximate surface area is 180 Å². The monoisotopic (exact) mass is 462 g/mol. The first-order chi connectivity index (χ1) is 14.3. The number of nitrogens with two attached hydrogens (primary N) is 2. The van der Waals surface area contributed by atoms with Crippen molar-refractivity contribution in [3.05, 3.63) is 71.1 Å². The van der Waals surface area contributed by atoms with E-state index in [-0.39, 0.29) is 0 Å². The highest BCUT2D eigenvalue weighted by atomic mass is 79.9. The molecule has 0 radical (unpaired) electrons. The summed E-state index contributed by atoms with van der Waals surface area (Å²) in [6, 6.07) is 7.26. The topological polar surface area (TPSA) is 108 Å². The van der Waals surface area contributed by atoms with Crippen molar-refractivity contribution in [3.63, 3.8) is 0 Å². The van der Waals surface area contributed by atoms with Crippen molar-refractivity contribution in [1.29, 1.82) is 0 Å². The molecule has 3 aromatic heterocycles. The summed E-state index contributed by atoms with van der Waals surface area (Å²) in [7, 11) is -1.00. The molecule has 0 saturated heterocycles. The SMILES string of the molecule is CC1=CCC=N1.Cc1cn(-c2ccc(N)nc2)cn1.Nc1ccc(Br)cn1.[2H]CF. The number of aromatic nitrogens is 4. The number of aliphatic imine (C=N–C) groups is 1. The van der Waals surface area contributed by atoms with Crippen molar-refractivity contribution in [1.82, 2.24) is 19.5 Å². The van der Waals surface area contributed by atoms with Crippen LogP contribution in [0.4, 0.5) is 16.0 Å². The predicted octanol–water partition coefficient (Wildman–Crippen LogP) is 4.53. The van der Waals surface area contributed by atoms with Gasteiger partial charge in [-0.15, -0.1) is 0 Å². The standard InChI is InChI=1S/C9H10N4.C5H5BrN2.C5H7N.CH3F/c1-7-5-13(6-12-7)8-2-3-9(10)11-4-8;6-4-1-2-5(7)8-3-4;1-5-3-2-4-6-5;1-2/h2-6H,1H3,(H2,10,11);1-3H,(H2,7,8);3-4H,2H2,1H3;1H3/i;;;1D. The van der Waals surface area contributed by atoms with E-state index in [1.807, 2.05) is 43.0 Å². The second-order valence-electron chi connectivity index (χ2n) is 5.66. The van der Waals surface area contributed by atoms with Gasteiger partial charge in [-0.1, -0.05) is 6.08 Å². The van der Waals surface area contributed by atoms with Crippen LogP contribution >= 0.6 is 15.9 Å². The lowest BCUT2D eigenvalue weighted by atomic mass is 10.4. The van der Waals surface area contributed by atoms with Gasteiger partial charge in [0.2, 0.25) is 0 Å². The third kappa shape index (κ3) is 9.61. The Hall–Kier alpha value is -3.07. The van der Waals surface area contributed by atoms with Crippen LogP contribution in [0.5, 0.6) is 0 Å². The maximum absolute atomic E-state index is 9.96. The van der Waals surface area contributed by atoms with Gasteiger partial charge >= 0.3 is 0 Å². The van der Waals surface area contributed by atoms with Crippen LogP contribution in [0, 0.1) is 6.92 Å². The van der Waals surface area contributed by atoms with Crippen molar-refractivity contribution < 1.29 is 5.76 Å². The van der Waals surface area contributed by atoms with E-state index >= 15 is 0 Å². The molecule has 7 nitrogen and oxygen atoms in total. The van der Waals surface area contributed by atoms with Gasteiger partial charge in [0, 0.05) is 35.2 Å². The summed E-state index contributed by atoms with van der Waals surface area (Å²) in [5.74, 6) is 1.08. The van der Waals surface area contributed by atoms with Crippen molar-refractivity contribution in [3.8, 4) is 5.69 Å². The van der Waals surface area contributed by atoms with E-state index in [2.05, 4.69) is 42.0 Å². The van der Waals surface area contributed by atoms with Gasteiger partial charge in [-0.25, -0.2) is 15.0 Å². The zero-order valence-electron chi connectivity index (χ0n) is 17.3. The van der Waals surface area contributed by atoms with Crippen LogP contribution in [0.25, 0.3) is 5.69 Å². The molecule has 4 N–H and O–H groups in total. The molecule has 0 fully saturated rings. The minimum atomic E-state index is -1.00. The molecule has 0 amide bonds. The maximum atomic E-state index is 9.96. The van der Waals surface area contributed by atoms with Crippen LogP contribution < -0.4 is 11.5 Å². The summed E-state index contributed by atoms with van der Waals surface area (Å²) in [6.07, 6.45) is 12.1. The number of hydrogen-bond donors (Lipinski definition) is 2. The molecule has 29 heavy (non-hydrogen) atoms. The normalized spacial score (nSPS) is 11.6. The first-order valence-corrected chi connectivity index (χ1v) is 9.29. The van der Waals surface area contributed by atoms with Crippen molar-refractivity contribution in [2.75, 3.05) is 18.6 Å². The van der Waals surface area contributed by atoms with Crippen LogP contribution in [-0.4, -0.2) is 32.9 Å². The second kappa shape index (κ2) is 13.2. The molecule has 4 heterocycles. The Kier molecular flexibility index (Phi) is 10.1. The fourth-order valence-electron chi connectivity index (χ4n) is 1.97. The molecule has 0 saturated carbocycles. The Balaban J connectivity index is 0.000000227. The molecule has 0 aliphatic carbocycles. The number of anilines is 2. The summed E-state index contributed by atoms with van der Waals surface area (Å²) in [5.41, 5.74) is 13.9. The fourth-order valence-corrected chi connectivity index (χ4v) is 2.21. The van der Waals surface area contributed by atoms with Crippen LogP contribution in [0.2, 0.25) is 0 Å². The lowest BCUT2D eigenvalue weighted by molar-refractivity contribution is 0.636. The summed E-state index contributed by atoms with van der Waals surface area (Å²) < 4.78 is 18.4. The first-order valence-electron chi connectivity index (χ1n) is 9.20. The minimum absolute atomic E-state index is 0.528. The number of nitrogens with zero attached hydrogens (tertiary/aromatic N) is 5. The number of imidazole rings is 1. The van der Waals surface area contributed by atoms with Gasteiger partial charge in [0.05, 0.1) is 32.4 Å². The van der Waals surface area contributed by atoms with Crippen LogP contribution in [-0.2, 0) is 0 Å². The van der Waals surface area contributed by atoms with Crippen molar-refractivity contribution >= 4 is 33.8 Å². The van der Waals surface area contributed by atoms with Gasteiger partial charge in [-0.05, 0) is 54.0 Å². The van der Waals surface area contributed by atoms with E-state index in [4.69, 9.17) is 12.8 Å². The lowest BCUT2D eigenvalue weighted by Crippen LogP contribution is -1.93. The van der Waals surface area contributed by atoms with E-state index in [1.54, 1.807) is 30.9 Å². The molecule has 9 heteroatoms. The highest BCUT2D eigenvalue weighted by molar-refractivity contribution is 9.10. The van der Waals surface area contributed by atoms with E-state index in [9.17, 15) is 4.39 Å².